The molecule has 1 aliphatic rings. The van der Waals surface area contributed by atoms with E-state index in [1.165, 1.54) is 23.9 Å². The Bertz CT molecular complexity index is 524. The lowest BCUT2D eigenvalue weighted by Gasteiger charge is -2.27. The molecule has 0 unspecified atom stereocenters. The van der Waals surface area contributed by atoms with Crippen LogP contribution in [0.25, 0.3) is 0 Å². The molecule has 1 aromatic carbocycles. The van der Waals surface area contributed by atoms with Crippen molar-refractivity contribution in [1.82, 2.24) is 15.5 Å². The second kappa shape index (κ2) is 11.2. The van der Waals surface area contributed by atoms with Crippen LogP contribution in [-0.4, -0.2) is 60.8 Å². The second-order valence-electron chi connectivity index (χ2n) is 5.33. The number of rotatable bonds is 8. The highest BCUT2D eigenvalue weighted by Crippen LogP contribution is 2.20. The van der Waals surface area contributed by atoms with Gasteiger partial charge in [-0.3, -0.25) is 14.9 Å². The first-order chi connectivity index (χ1) is 11.1. The maximum absolute atomic E-state index is 11.8. The van der Waals surface area contributed by atoms with Gasteiger partial charge in [0.2, 0.25) is 5.91 Å². The van der Waals surface area contributed by atoms with Crippen LogP contribution in [0, 0.1) is 10.1 Å². The summed E-state index contributed by atoms with van der Waals surface area (Å²) in [4.78, 5) is 25.2. The van der Waals surface area contributed by atoms with E-state index < -0.39 is 4.92 Å². The Morgan fingerprint density at radius 3 is 2.58 bits per heavy atom. The van der Waals surface area contributed by atoms with Gasteiger partial charge in [-0.15, -0.1) is 24.2 Å². The minimum atomic E-state index is -0.431. The van der Waals surface area contributed by atoms with Crippen LogP contribution in [0.1, 0.15) is 6.42 Å². The van der Waals surface area contributed by atoms with E-state index in [4.69, 9.17) is 0 Å². The van der Waals surface area contributed by atoms with Gasteiger partial charge in [0.25, 0.3) is 5.69 Å². The van der Waals surface area contributed by atoms with Crippen LogP contribution in [0.2, 0.25) is 0 Å². The Labute approximate surface area is 152 Å². The highest BCUT2D eigenvalue weighted by Gasteiger charge is 2.09. The molecule has 0 bridgehead atoms. The third-order valence-corrected chi connectivity index (χ3v) is 4.61. The van der Waals surface area contributed by atoms with Crippen molar-refractivity contribution >= 4 is 35.8 Å². The van der Waals surface area contributed by atoms with Crippen LogP contribution >= 0.6 is 24.2 Å². The molecule has 7 nitrogen and oxygen atoms in total. The zero-order valence-electron chi connectivity index (χ0n) is 13.4. The van der Waals surface area contributed by atoms with Gasteiger partial charge >= 0.3 is 0 Å². The fourth-order valence-electron chi connectivity index (χ4n) is 2.33. The molecule has 0 radical (unpaired) electrons. The summed E-state index contributed by atoms with van der Waals surface area (Å²) in [5.74, 6) is 0.319. The zero-order valence-corrected chi connectivity index (χ0v) is 15.0. The quantitative estimate of drug-likeness (QED) is 0.310. The van der Waals surface area contributed by atoms with Gasteiger partial charge in [-0.1, -0.05) is 0 Å². The number of halogens is 1. The number of nitrogens with zero attached hydrogens (tertiary/aromatic N) is 2. The largest absolute Gasteiger partial charge is 0.355 e. The van der Waals surface area contributed by atoms with Crippen molar-refractivity contribution in [2.24, 2.45) is 0 Å². The van der Waals surface area contributed by atoms with Gasteiger partial charge in [-0.25, -0.2) is 0 Å². The van der Waals surface area contributed by atoms with E-state index in [2.05, 4.69) is 15.5 Å². The molecule has 1 aromatic rings. The van der Waals surface area contributed by atoms with Gasteiger partial charge in [0.1, 0.15) is 0 Å². The lowest BCUT2D eigenvalue weighted by molar-refractivity contribution is -0.384. The van der Waals surface area contributed by atoms with Gasteiger partial charge in [-0.05, 0) is 25.1 Å². The molecule has 2 N–H and O–H groups in total. The van der Waals surface area contributed by atoms with Crippen LogP contribution in [0.4, 0.5) is 5.69 Å². The number of nitrogens with one attached hydrogen (secondary N) is 2. The lowest BCUT2D eigenvalue weighted by atomic mass is 10.3. The monoisotopic (exact) mass is 374 g/mol. The number of hydrogen-bond donors (Lipinski definition) is 2. The summed E-state index contributed by atoms with van der Waals surface area (Å²) >= 11 is 1.38. The van der Waals surface area contributed by atoms with Gasteiger partial charge in [0, 0.05) is 49.8 Å². The SMILES string of the molecule is Cl.O=C(CSc1ccc([N+](=O)[O-])cc1)NCCCN1CCNCC1. The van der Waals surface area contributed by atoms with Crippen molar-refractivity contribution in [2.45, 2.75) is 11.3 Å². The second-order valence-corrected chi connectivity index (χ2v) is 6.38. The van der Waals surface area contributed by atoms with Gasteiger partial charge < -0.3 is 15.5 Å². The Morgan fingerprint density at radius 1 is 1.29 bits per heavy atom. The third-order valence-electron chi connectivity index (χ3n) is 3.60. The Kier molecular flexibility index (Phi) is 9.70. The van der Waals surface area contributed by atoms with Crippen LogP contribution in [0.5, 0.6) is 0 Å². The zero-order chi connectivity index (χ0) is 16.5. The molecule has 0 saturated carbocycles. The molecule has 0 spiro atoms. The first-order valence-electron chi connectivity index (χ1n) is 7.72. The summed E-state index contributed by atoms with van der Waals surface area (Å²) in [5.41, 5.74) is 0.0618. The summed E-state index contributed by atoms with van der Waals surface area (Å²) in [6.45, 7) is 5.92. The van der Waals surface area contributed by atoms with Crippen LogP contribution in [0.15, 0.2) is 29.2 Å². The summed E-state index contributed by atoms with van der Waals surface area (Å²) < 4.78 is 0. The average Bonchev–Trinajstić information content (AvgIpc) is 2.58. The van der Waals surface area contributed by atoms with Crippen molar-refractivity contribution in [3.05, 3.63) is 34.4 Å². The molecular weight excluding hydrogens is 352 g/mol. The molecule has 1 saturated heterocycles. The van der Waals surface area contributed by atoms with E-state index in [1.807, 2.05) is 0 Å². The topological polar surface area (TPSA) is 87.5 Å². The Hall–Kier alpha value is -1.35. The summed E-state index contributed by atoms with van der Waals surface area (Å²) in [6.07, 6.45) is 0.952. The highest BCUT2D eigenvalue weighted by molar-refractivity contribution is 8.00. The molecular formula is C15H23ClN4O3S. The minimum absolute atomic E-state index is 0. The van der Waals surface area contributed by atoms with Gasteiger partial charge in [-0.2, -0.15) is 0 Å². The molecule has 1 fully saturated rings. The molecule has 0 aliphatic carbocycles. The number of nitro groups is 1. The predicted octanol–water partition coefficient (Wildman–Crippen LogP) is 1.52. The summed E-state index contributed by atoms with van der Waals surface area (Å²) in [7, 11) is 0. The minimum Gasteiger partial charge on any atom is -0.355 e. The lowest BCUT2D eigenvalue weighted by Crippen LogP contribution is -2.44. The average molecular weight is 375 g/mol. The highest BCUT2D eigenvalue weighted by atomic mass is 35.5. The summed E-state index contributed by atoms with van der Waals surface area (Å²) in [5, 5.41) is 16.8. The molecule has 0 aromatic heterocycles. The molecule has 134 valence electrons. The number of thioether (sulfide) groups is 1. The molecule has 2 rings (SSSR count). The maximum atomic E-state index is 11.8. The summed E-state index contributed by atoms with van der Waals surface area (Å²) in [6, 6.07) is 6.24. The first kappa shape index (κ1) is 20.7. The number of carbonyl (C=O) groups is 1. The fourth-order valence-corrected chi connectivity index (χ4v) is 3.06. The molecule has 1 amide bonds. The van der Waals surface area contributed by atoms with Crippen LogP contribution < -0.4 is 10.6 Å². The predicted molar refractivity (Wildman–Crippen MR) is 98.0 cm³/mol. The van der Waals surface area contributed by atoms with Gasteiger partial charge in [0.05, 0.1) is 10.7 Å². The standard InChI is InChI=1S/C15H22N4O3S.ClH/c20-15(17-6-1-9-18-10-7-16-8-11-18)12-23-14-4-2-13(3-5-14)19(21)22;/h2-5,16H,1,6-12H2,(H,17,20);1H. The number of nitro benzene ring substituents is 1. The number of carbonyl (C=O) groups excluding carboxylic acids is 1. The van der Waals surface area contributed by atoms with Crippen LogP contribution in [0.3, 0.4) is 0 Å². The Balaban J connectivity index is 0.00000288. The number of non-ortho nitro benzene ring substituents is 1. The van der Waals surface area contributed by atoms with E-state index in [9.17, 15) is 14.9 Å². The van der Waals surface area contributed by atoms with E-state index in [0.717, 1.165) is 44.0 Å². The Morgan fingerprint density at radius 2 is 1.96 bits per heavy atom. The molecule has 1 aliphatic heterocycles. The molecule has 1 heterocycles. The van der Waals surface area contributed by atoms with Crippen molar-refractivity contribution < 1.29 is 9.72 Å². The molecule has 24 heavy (non-hydrogen) atoms. The first-order valence-corrected chi connectivity index (χ1v) is 8.71. The van der Waals surface area contributed by atoms with Crippen molar-refractivity contribution in [1.29, 1.82) is 0 Å². The van der Waals surface area contributed by atoms with E-state index in [1.54, 1.807) is 12.1 Å². The van der Waals surface area contributed by atoms with Crippen molar-refractivity contribution in [3.63, 3.8) is 0 Å². The fraction of sp³-hybridized carbons (Fsp3) is 0.533. The van der Waals surface area contributed by atoms with Crippen LogP contribution in [-0.2, 0) is 4.79 Å². The smallest absolute Gasteiger partial charge is 0.269 e. The number of piperazine rings is 1. The van der Waals surface area contributed by atoms with E-state index in [0.29, 0.717) is 12.3 Å². The van der Waals surface area contributed by atoms with E-state index in [-0.39, 0.29) is 24.0 Å². The maximum Gasteiger partial charge on any atom is 0.269 e. The van der Waals surface area contributed by atoms with Crippen molar-refractivity contribution in [2.75, 3.05) is 45.0 Å². The van der Waals surface area contributed by atoms with Gasteiger partial charge in [0.15, 0.2) is 0 Å². The van der Waals surface area contributed by atoms with E-state index >= 15 is 0 Å². The molecule has 9 heteroatoms. The molecule has 0 atom stereocenters. The number of hydrogen-bond acceptors (Lipinski definition) is 6. The number of amides is 1. The third kappa shape index (κ3) is 7.48. The normalized spacial score (nSPS) is 14.7. The van der Waals surface area contributed by atoms with Crippen molar-refractivity contribution in [3.8, 4) is 0 Å². The number of benzene rings is 1.